The normalized spacial score (nSPS) is 11.1. The second-order valence-corrected chi connectivity index (χ2v) is 6.67. The van der Waals surface area contributed by atoms with E-state index in [1.807, 2.05) is 18.2 Å². The Hall–Kier alpha value is -3.15. The number of rotatable bonds is 5. The van der Waals surface area contributed by atoms with Crippen molar-refractivity contribution in [2.75, 3.05) is 5.32 Å². The van der Waals surface area contributed by atoms with E-state index in [0.717, 1.165) is 0 Å². The molecule has 1 amide bonds. The lowest BCUT2D eigenvalue weighted by Gasteiger charge is -2.10. The van der Waals surface area contributed by atoms with E-state index in [0.29, 0.717) is 32.4 Å². The Morgan fingerprint density at radius 2 is 1.68 bits per heavy atom. The van der Waals surface area contributed by atoms with Gasteiger partial charge in [-0.15, -0.1) is 0 Å². The monoisotopic (exact) mass is 412 g/mol. The lowest BCUT2D eigenvalue weighted by Crippen LogP contribution is -2.13. The van der Waals surface area contributed by atoms with Gasteiger partial charge in [-0.25, -0.2) is 0 Å². The maximum atomic E-state index is 12.9. The predicted molar refractivity (Wildman–Crippen MR) is 113 cm³/mol. The van der Waals surface area contributed by atoms with E-state index in [1.165, 1.54) is 12.1 Å². The van der Waals surface area contributed by atoms with E-state index in [4.69, 9.17) is 23.2 Å². The van der Waals surface area contributed by atoms with Crippen LogP contribution in [0.25, 0.3) is 11.6 Å². The van der Waals surface area contributed by atoms with Gasteiger partial charge in [0.05, 0.1) is 15.0 Å². The summed E-state index contributed by atoms with van der Waals surface area (Å²) in [5.74, 6) is -0.379. The fraction of sp³-hybridized carbons (Fsp3) is 0. The van der Waals surface area contributed by atoms with Crippen molar-refractivity contribution in [3.8, 4) is 0 Å². The number of anilines is 1. The molecule has 0 aliphatic carbocycles. The maximum absolute atomic E-state index is 12.9. The van der Waals surface area contributed by atoms with E-state index < -0.39 is 4.92 Å². The second-order valence-electron chi connectivity index (χ2n) is 5.86. The van der Waals surface area contributed by atoms with Crippen LogP contribution in [0.2, 0.25) is 10.0 Å². The molecule has 0 radical (unpaired) electrons. The zero-order valence-electron chi connectivity index (χ0n) is 14.4. The number of nitro groups is 1. The number of halogens is 2. The first-order valence-electron chi connectivity index (χ1n) is 8.22. The molecular weight excluding hydrogens is 399 g/mol. The third-order valence-electron chi connectivity index (χ3n) is 3.90. The average molecular weight is 413 g/mol. The highest BCUT2D eigenvalue weighted by molar-refractivity contribution is 6.42. The van der Waals surface area contributed by atoms with Crippen molar-refractivity contribution in [2.45, 2.75) is 0 Å². The summed E-state index contributed by atoms with van der Waals surface area (Å²) < 4.78 is 0. The largest absolute Gasteiger partial charge is 0.322 e. The summed E-state index contributed by atoms with van der Waals surface area (Å²) in [5.41, 5.74) is 2.00. The SMILES string of the molecule is O=C(Nc1ccc(Cl)c(Cl)c1)/C(=C/c1cccc([N+](=O)[O-])c1)c1ccccc1. The highest BCUT2D eigenvalue weighted by atomic mass is 35.5. The molecule has 140 valence electrons. The first kappa shape index (κ1) is 19.6. The number of non-ortho nitro benzene ring substituents is 1. The van der Waals surface area contributed by atoms with Crippen LogP contribution in [-0.4, -0.2) is 10.8 Å². The van der Waals surface area contributed by atoms with E-state index in [1.54, 1.807) is 48.5 Å². The molecule has 0 bridgehead atoms. The summed E-state index contributed by atoms with van der Waals surface area (Å²) in [6.45, 7) is 0. The fourth-order valence-electron chi connectivity index (χ4n) is 2.56. The average Bonchev–Trinajstić information content (AvgIpc) is 2.69. The molecule has 0 unspecified atom stereocenters. The predicted octanol–water partition coefficient (Wildman–Crippen LogP) is 6.08. The Kier molecular flexibility index (Phi) is 6.09. The summed E-state index contributed by atoms with van der Waals surface area (Å²) >= 11 is 11.9. The van der Waals surface area contributed by atoms with E-state index in [-0.39, 0.29) is 11.6 Å². The smallest absolute Gasteiger partial charge is 0.270 e. The quantitative estimate of drug-likeness (QED) is 0.238. The van der Waals surface area contributed by atoms with E-state index in [2.05, 4.69) is 5.32 Å². The molecule has 0 fully saturated rings. The minimum atomic E-state index is -0.477. The first-order valence-corrected chi connectivity index (χ1v) is 8.97. The van der Waals surface area contributed by atoms with Crippen LogP contribution in [0.4, 0.5) is 11.4 Å². The number of nitro benzene ring substituents is 1. The third-order valence-corrected chi connectivity index (χ3v) is 4.64. The molecule has 5 nitrogen and oxygen atoms in total. The fourth-order valence-corrected chi connectivity index (χ4v) is 2.86. The van der Waals surface area contributed by atoms with E-state index in [9.17, 15) is 14.9 Å². The molecule has 0 saturated carbocycles. The highest BCUT2D eigenvalue weighted by Crippen LogP contribution is 2.27. The zero-order valence-corrected chi connectivity index (χ0v) is 15.9. The molecule has 0 aliphatic rings. The molecule has 0 heterocycles. The summed E-state index contributed by atoms with van der Waals surface area (Å²) in [6.07, 6.45) is 1.61. The van der Waals surface area contributed by atoms with Crippen molar-refractivity contribution in [1.29, 1.82) is 0 Å². The number of nitrogens with one attached hydrogen (secondary N) is 1. The Bertz CT molecular complexity index is 1070. The molecule has 3 rings (SSSR count). The zero-order chi connectivity index (χ0) is 20.1. The molecule has 28 heavy (non-hydrogen) atoms. The van der Waals surface area contributed by atoms with Gasteiger partial charge in [0.25, 0.3) is 11.6 Å². The van der Waals surface area contributed by atoms with Crippen LogP contribution < -0.4 is 5.32 Å². The van der Waals surface area contributed by atoms with Crippen LogP contribution in [-0.2, 0) is 4.79 Å². The van der Waals surface area contributed by atoms with Gasteiger partial charge in [0, 0.05) is 23.4 Å². The molecule has 3 aromatic rings. The first-order chi connectivity index (χ1) is 13.4. The van der Waals surface area contributed by atoms with Crippen LogP contribution in [0, 0.1) is 10.1 Å². The number of hydrogen-bond donors (Lipinski definition) is 1. The topological polar surface area (TPSA) is 72.2 Å². The van der Waals surface area contributed by atoms with Crippen molar-refractivity contribution in [2.24, 2.45) is 0 Å². The van der Waals surface area contributed by atoms with E-state index >= 15 is 0 Å². The molecule has 3 aromatic carbocycles. The van der Waals surface area contributed by atoms with Gasteiger partial charge in [-0.05, 0) is 35.4 Å². The minimum absolute atomic E-state index is 0.0500. The lowest BCUT2D eigenvalue weighted by atomic mass is 10.0. The summed E-state index contributed by atoms with van der Waals surface area (Å²) in [4.78, 5) is 23.5. The van der Waals surface area contributed by atoms with Crippen molar-refractivity contribution < 1.29 is 9.72 Å². The van der Waals surface area contributed by atoms with Gasteiger partial charge in [0.2, 0.25) is 0 Å². The van der Waals surface area contributed by atoms with Gasteiger partial charge in [-0.3, -0.25) is 14.9 Å². The molecule has 0 aromatic heterocycles. The molecule has 0 aliphatic heterocycles. The van der Waals surface area contributed by atoms with Crippen LogP contribution in [0.3, 0.4) is 0 Å². The van der Waals surface area contributed by atoms with Gasteiger partial charge >= 0.3 is 0 Å². The Morgan fingerprint density at radius 3 is 2.36 bits per heavy atom. The lowest BCUT2D eigenvalue weighted by molar-refractivity contribution is -0.384. The number of nitrogens with zero attached hydrogens (tertiary/aromatic N) is 1. The van der Waals surface area contributed by atoms with Gasteiger partial charge in [0.15, 0.2) is 0 Å². The number of carbonyl (C=O) groups is 1. The summed E-state index contributed by atoms with van der Waals surface area (Å²) in [6, 6.07) is 19.9. The molecular formula is C21H14Cl2N2O3. The number of hydrogen-bond acceptors (Lipinski definition) is 3. The molecule has 0 spiro atoms. The molecule has 0 saturated heterocycles. The van der Waals surface area contributed by atoms with Crippen LogP contribution in [0.15, 0.2) is 72.8 Å². The minimum Gasteiger partial charge on any atom is -0.322 e. The van der Waals surface area contributed by atoms with Crippen molar-refractivity contribution in [3.05, 3.63) is 104 Å². The molecule has 1 N–H and O–H groups in total. The highest BCUT2D eigenvalue weighted by Gasteiger charge is 2.14. The Morgan fingerprint density at radius 1 is 0.929 bits per heavy atom. The van der Waals surface area contributed by atoms with Crippen LogP contribution >= 0.6 is 23.2 Å². The van der Waals surface area contributed by atoms with Gasteiger partial charge in [-0.1, -0.05) is 65.7 Å². The molecule has 7 heteroatoms. The summed E-state index contributed by atoms with van der Waals surface area (Å²) in [7, 11) is 0. The van der Waals surface area contributed by atoms with Crippen LogP contribution in [0.1, 0.15) is 11.1 Å². The number of amides is 1. The van der Waals surface area contributed by atoms with Crippen molar-refractivity contribution in [3.63, 3.8) is 0 Å². The maximum Gasteiger partial charge on any atom is 0.270 e. The van der Waals surface area contributed by atoms with Gasteiger partial charge < -0.3 is 5.32 Å². The van der Waals surface area contributed by atoms with Gasteiger partial charge in [0.1, 0.15) is 0 Å². The second kappa shape index (κ2) is 8.69. The molecule has 0 atom stereocenters. The number of benzene rings is 3. The standard InChI is InChI=1S/C21H14Cl2N2O3/c22-19-10-9-16(13-20(19)23)24-21(26)18(15-6-2-1-3-7-15)12-14-5-4-8-17(11-14)25(27)28/h1-13H,(H,24,26)/b18-12+. The Labute approximate surface area is 171 Å². The number of carbonyl (C=O) groups excluding carboxylic acids is 1. The van der Waals surface area contributed by atoms with Gasteiger partial charge in [-0.2, -0.15) is 0 Å². The Balaban J connectivity index is 1.99. The van der Waals surface area contributed by atoms with Crippen molar-refractivity contribution >= 4 is 52.1 Å². The summed E-state index contributed by atoms with van der Waals surface area (Å²) in [5, 5.41) is 14.5. The third kappa shape index (κ3) is 4.76. The van der Waals surface area contributed by atoms with Crippen molar-refractivity contribution in [1.82, 2.24) is 0 Å². The van der Waals surface area contributed by atoms with Crippen LogP contribution in [0.5, 0.6) is 0 Å².